The molecule has 0 aliphatic heterocycles. The smallest absolute Gasteiger partial charge is 0.240 e. The quantitative estimate of drug-likeness (QED) is 0.709. The van der Waals surface area contributed by atoms with Crippen molar-refractivity contribution in [3.05, 3.63) is 18.2 Å². The van der Waals surface area contributed by atoms with E-state index in [1.165, 1.54) is 6.07 Å². The number of sulfonamides is 1. The van der Waals surface area contributed by atoms with Gasteiger partial charge in [-0.15, -0.1) is 0 Å². The van der Waals surface area contributed by atoms with E-state index in [1.54, 1.807) is 12.1 Å². The molecule has 0 aliphatic rings. The summed E-state index contributed by atoms with van der Waals surface area (Å²) in [5.74, 6) is 0.376. The van der Waals surface area contributed by atoms with Crippen LogP contribution in [0, 0.1) is 5.92 Å². The minimum atomic E-state index is -3.77. The van der Waals surface area contributed by atoms with E-state index in [-0.39, 0.29) is 10.9 Å². The zero-order valence-electron chi connectivity index (χ0n) is 10.3. The Balaban J connectivity index is 3.16. The molecule has 96 valence electrons. The molecule has 0 spiro atoms. The van der Waals surface area contributed by atoms with Gasteiger partial charge in [-0.2, -0.15) is 0 Å². The van der Waals surface area contributed by atoms with Gasteiger partial charge >= 0.3 is 0 Å². The molecule has 0 heterocycles. The second-order valence-electron chi connectivity index (χ2n) is 4.48. The summed E-state index contributed by atoms with van der Waals surface area (Å²) in [5.41, 5.74) is 6.43. The summed E-state index contributed by atoms with van der Waals surface area (Å²) in [6.45, 7) is 6.07. The number of nitrogens with two attached hydrogens (primary N) is 2. The predicted octanol–water partition coefficient (Wildman–Crippen LogP) is 1.37. The Morgan fingerprint density at radius 1 is 1.24 bits per heavy atom. The molecular weight excluding hydrogens is 238 g/mol. The zero-order valence-corrected chi connectivity index (χ0v) is 11.1. The van der Waals surface area contributed by atoms with Crippen LogP contribution in [0.5, 0.6) is 0 Å². The topological polar surface area (TPSA) is 98.2 Å². The molecule has 0 aromatic heterocycles. The van der Waals surface area contributed by atoms with Crippen molar-refractivity contribution in [2.45, 2.75) is 31.7 Å². The summed E-state index contributed by atoms with van der Waals surface area (Å²) in [6.07, 6.45) is 0. The summed E-state index contributed by atoms with van der Waals surface area (Å²) >= 11 is 0. The Morgan fingerprint density at radius 2 is 1.82 bits per heavy atom. The second kappa shape index (κ2) is 4.93. The normalized spacial score (nSPS) is 13.7. The van der Waals surface area contributed by atoms with E-state index < -0.39 is 10.0 Å². The van der Waals surface area contributed by atoms with E-state index in [1.807, 2.05) is 20.8 Å². The molecule has 0 aliphatic carbocycles. The van der Waals surface area contributed by atoms with Crippen molar-refractivity contribution >= 4 is 21.4 Å². The van der Waals surface area contributed by atoms with Crippen LogP contribution in [0.25, 0.3) is 0 Å². The number of hydrogen-bond donors (Lipinski definition) is 3. The fourth-order valence-electron chi connectivity index (χ4n) is 1.31. The first-order valence-corrected chi connectivity index (χ1v) is 6.95. The molecule has 6 heteroatoms. The summed E-state index contributed by atoms with van der Waals surface area (Å²) in [5, 5.41) is 8.28. The average Bonchev–Trinajstić information content (AvgIpc) is 2.18. The van der Waals surface area contributed by atoms with Crippen LogP contribution in [-0.4, -0.2) is 14.5 Å². The molecule has 0 saturated carbocycles. The number of nitrogens with one attached hydrogen (secondary N) is 1. The van der Waals surface area contributed by atoms with Gasteiger partial charge in [0.15, 0.2) is 0 Å². The van der Waals surface area contributed by atoms with Crippen molar-refractivity contribution in [3.8, 4) is 0 Å². The van der Waals surface area contributed by atoms with E-state index in [2.05, 4.69) is 5.32 Å². The van der Waals surface area contributed by atoms with Gasteiger partial charge in [-0.3, -0.25) is 0 Å². The van der Waals surface area contributed by atoms with Crippen LogP contribution < -0.4 is 16.2 Å². The Morgan fingerprint density at radius 3 is 2.29 bits per heavy atom. The fourth-order valence-corrected chi connectivity index (χ4v) is 2.04. The number of rotatable bonds is 4. The van der Waals surface area contributed by atoms with Crippen LogP contribution in [0.1, 0.15) is 20.8 Å². The Hall–Kier alpha value is -1.27. The Bertz CT molecular complexity index is 497. The average molecular weight is 257 g/mol. The van der Waals surface area contributed by atoms with Crippen molar-refractivity contribution < 1.29 is 8.42 Å². The molecule has 1 aromatic carbocycles. The number of primary sulfonamides is 1. The maximum atomic E-state index is 11.4. The summed E-state index contributed by atoms with van der Waals surface area (Å²) in [6, 6.07) is 4.78. The molecule has 1 rings (SSSR count). The lowest BCUT2D eigenvalue weighted by Gasteiger charge is -2.20. The molecule has 0 fully saturated rings. The van der Waals surface area contributed by atoms with Gasteiger partial charge in [-0.1, -0.05) is 13.8 Å². The van der Waals surface area contributed by atoms with Crippen LogP contribution in [0.15, 0.2) is 23.1 Å². The van der Waals surface area contributed by atoms with E-state index in [9.17, 15) is 8.42 Å². The third-order valence-corrected chi connectivity index (χ3v) is 3.65. The lowest BCUT2D eigenvalue weighted by Crippen LogP contribution is -2.24. The molecule has 17 heavy (non-hydrogen) atoms. The molecule has 1 unspecified atom stereocenters. The van der Waals surface area contributed by atoms with Crippen molar-refractivity contribution in [1.82, 2.24) is 0 Å². The molecular formula is C11H19N3O2S. The van der Waals surface area contributed by atoms with Gasteiger partial charge in [-0.25, -0.2) is 13.6 Å². The Labute approximate surface area is 102 Å². The highest BCUT2D eigenvalue weighted by Crippen LogP contribution is 2.24. The van der Waals surface area contributed by atoms with Crippen molar-refractivity contribution in [3.63, 3.8) is 0 Å². The maximum absolute atomic E-state index is 11.4. The molecule has 1 aromatic rings. The van der Waals surface area contributed by atoms with Crippen molar-refractivity contribution in [1.29, 1.82) is 0 Å². The predicted molar refractivity (Wildman–Crippen MR) is 70.2 cm³/mol. The minimum Gasteiger partial charge on any atom is -0.399 e. The highest BCUT2D eigenvalue weighted by molar-refractivity contribution is 7.89. The zero-order chi connectivity index (χ0) is 13.2. The van der Waals surface area contributed by atoms with Gasteiger partial charge in [0.25, 0.3) is 0 Å². The number of nitrogen functional groups attached to an aromatic ring is 1. The molecule has 0 amide bonds. The fraction of sp³-hybridized carbons (Fsp3) is 0.455. The van der Waals surface area contributed by atoms with Crippen LogP contribution in [0.3, 0.4) is 0 Å². The first-order valence-electron chi connectivity index (χ1n) is 5.40. The molecule has 0 saturated heterocycles. The summed E-state index contributed by atoms with van der Waals surface area (Å²) < 4.78 is 22.9. The molecule has 0 bridgehead atoms. The van der Waals surface area contributed by atoms with Crippen LogP contribution >= 0.6 is 0 Å². The van der Waals surface area contributed by atoms with Gasteiger partial charge in [-0.05, 0) is 31.0 Å². The standard InChI is InChI=1S/C11H19N3O2S/c1-7(2)8(3)14-10-5-4-9(12)6-11(10)17(13,15)16/h4-8,14H,12H2,1-3H3,(H2,13,15,16). The van der Waals surface area contributed by atoms with Crippen LogP contribution in [-0.2, 0) is 10.0 Å². The first-order chi connectivity index (χ1) is 7.71. The molecule has 0 radical (unpaired) electrons. The molecule has 5 nitrogen and oxygen atoms in total. The third-order valence-electron chi connectivity index (χ3n) is 2.70. The van der Waals surface area contributed by atoms with Gasteiger partial charge in [0, 0.05) is 11.7 Å². The first kappa shape index (κ1) is 13.8. The monoisotopic (exact) mass is 257 g/mol. The van der Waals surface area contributed by atoms with E-state index in [4.69, 9.17) is 10.9 Å². The van der Waals surface area contributed by atoms with Gasteiger partial charge in [0.1, 0.15) is 4.90 Å². The number of hydrogen-bond acceptors (Lipinski definition) is 4. The minimum absolute atomic E-state index is 0.0324. The van der Waals surface area contributed by atoms with Gasteiger partial charge in [0.2, 0.25) is 10.0 Å². The Kier molecular flexibility index (Phi) is 4.00. The van der Waals surface area contributed by atoms with Gasteiger partial charge in [0.05, 0.1) is 5.69 Å². The lowest BCUT2D eigenvalue weighted by atomic mass is 10.1. The largest absolute Gasteiger partial charge is 0.399 e. The SMILES string of the molecule is CC(C)C(C)Nc1ccc(N)cc1S(N)(=O)=O. The van der Waals surface area contributed by atoms with Gasteiger partial charge < -0.3 is 11.1 Å². The molecule has 5 N–H and O–H groups in total. The van der Waals surface area contributed by atoms with E-state index in [0.29, 0.717) is 17.3 Å². The summed E-state index contributed by atoms with van der Waals surface area (Å²) in [4.78, 5) is 0.0324. The van der Waals surface area contributed by atoms with Crippen molar-refractivity contribution in [2.75, 3.05) is 11.1 Å². The highest BCUT2D eigenvalue weighted by Gasteiger charge is 2.16. The third kappa shape index (κ3) is 3.61. The van der Waals surface area contributed by atoms with Crippen LogP contribution in [0.2, 0.25) is 0 Å². The van der Waals surface area contributed by atoms with Crippen LogP contribution in [0.4, 0.5) is 11.4 Å². The summed E-state index contributed by atoms with van der Waals surface area (Å²) in [7, 11) is -3.77. The lowest BCUT2D eigenvalue weighted by molar-refractivity contribution is 0.558. The second-order valence-corrected chi connectivity index (χ2v) is 6.01. The van der Waals surface area contributed by atoms with Crippen molar-refractivity contribution in [2.24, 2.45) is 11.1 Å². The number of benzene rings is 1. The maximum Gasteiger partial charge on any atom is 0.240 e. The number of anilines is 2. The van der Waals surface area contributed by atoms with E-state index in [0.717, 1.165) is 0 Å². The highest BCUT2D eigenvalue weighted by atomic mass is 32.2. The molecule has 1 atom stereocenters. The van der Waals surface area contributed by atoms with E-state index >= 15 is 0 Å².